The van der Waals surface area contributed by atoms with Crippen molar-refractivity contribution in [2.75, 3.05) is 0 Å². The number of rotatable bonds is 3. The predicted molar refractivity (Wildman–Crippen MR) is 78.1 cm³/mol. The van der Waals surface area contributed by atoms with Gasteiger partial charge in [-0.3, -0.25) is 0 Å². The molecule has 0 N–H and O–H groups in total. The van der Waals surface area contributed by atoms with E-state index >= 15 is 0 Å². The fourth-order valence-electron chi connectivity index (χ4n) is 1.60. The molecule has 2 aromatic rings. The molecule has 0 aliphatic carbocycles. The van der Waals surface area contributed by atoms with E-state index in [4.69, 9.17) is 23.2 Å². The summed E-state index contributed by atoms with van der Waals surface area (Å²) in [5, 5.41) is -0.0117. The maximum atomic E-state index is 12.6. The van der Waals surface area contributed by atoms with Crippen molar-refractivity contribution >= 4 is 38.9 Å². The molecular formula is C13H7Cl2F3NO2S-. The topological polar surface area (TPSA) is 48.2 Å². The Bertz CT molecular complexity index is 807. The molecule has 3 nitrogen and oxygen atoms in total. The van der Waals surface area contributed by atoms with Crippen LogP contribution in [0.25, 0.3) is 4.72 Å². The number of nitrogens with zero attached hydrogens (tertiary/aromatic N) is 1. The lowest BCUT2D eigenvalue weighted by molar-refractivity contribution is -0.137. The zero-order valence-corrected chi connectivity index (χ0v) is 12.9. The number of benzene rings is 2. The molecule has 0 aromatic heterocycles. The highest BCUT2D eigenvalue weighted by molar-refractivity contribution is 7.94. The van der Waals surface area contributed by atoms with Crippen molar-refractivity contribution in [3.63, 3.8) is 0 Å². The van der Waals surface area contributed by atoms with Crippen molar-refractivity contribution in [3.8, 4) is 0 Å². The van der Waals surface area contributed by atoms with Crippen LogP contribution in [0.4, 0.5) is 18.9 Å². The fourth-order valence-corrected chi connectivity index (χ4v) is 3.33. The zero-order chi connectivity index (χ0) is 16.5. The SMILES string of the molecule is O=S(=O)([N-]c1cccc(C(F)(F)F)c1)c1cc(Cl)ccc1Cl. The molecule has 0 radical (unpaired) electrons. The van der Waals surface area contributed by atoms with Crippen molar-refractivity contribution in [2.45, 2.75) is 11.1 Å². The van der Waals surface area contributed by atoms with Gasteiger partial charge in [-0.05, 0) is 18.2 Å². The van der Waals surface area contributed by atoms with E-state index in [1.54, 1.807) is 0 Å². The predicted octanol–water partition coefficient (Wildman–Crippen LogP) is 5.41. The van der Waals surface area contributed by atoms with Crippen LogP contribution in [0.2, 0.25) is 10.0 Å². The van der Waals surface area contributed by atoms with Gasteiger partial charge < -0.3 is 4.72 Å². The Morgan fingerprint density at radius 1 is 1.00 bits per heavy atom. The lowest BCUT2D eigenvalue weighted by Gasteiger charge is -2.23. The Kier molecular flexibility index (Phi) is 4.60. The third kappa shape index (κ3) is 3.85. The minimum absolute atomic E-state index is 0.113. The molecule has 118 valence electrons. The standard InChI is InChI=1S/C13H7Cl2F3NO2S/c14-9-4-5-11(15)12(7-9)22(20,21)19-10-3-1-2-8(6-10)13(16,17)18/h1-7H/q-1. The summed E-state index contributed by atoms with van der Waals surface area (Å²) in [6, 6.07) is 7.39. The summed E-state index contributed by atoms with van der Waals surface area (Å²) in [5.41, 5.74) is -1.35. The third-order valence-corrected chi connectivity index (χ3v) is 4.59. The second-order valence-electron chi connectivity index (χ2n) is 4.19. The Morgan fingerprint density at radius 2 is 1.68 bits per heavy atom. The smallest absolute Gasteiger partial charge is 0.416 e. The van der Waals surface area contributed by atoms with Crippen molar-refractivity contribution in [2.24, 2.45) is 0 Å². The summed E-state index contributed by atoms with van der Waals surface area (Å²) in [4.78, 5) is -0.376. The molecule has 0 saturated heterocycles. The molecule has 0 saturated carbocycles. The number of hydrogen-bond donors (Lipinski definition) is 0. The third-order valence-electron chi connectivity index (χ3n) is 2.57. The van der Waals surface area contributed by atoms with Crippen LogP contribution < -0.4 is 0 Å². The van der Waals surface area contributed by atoms with Gasteiger partial charge in [0.2, 0.25) is 0 Å². The summed E-state index contributed by atoms with van der Waals surface area (Å²) < 4.78 is 65.5. The second kappa shape index (κ2) is 5.98. The van der Waals surface area contributed by atoms with Crippen molar-refractivity contribution in [3.05, 3.63) is 62.8 Å². The van der Waals surface area contributed by atoms with E-state index in [0.717, 1.165) is 24.3 Å². The van der Waals surface area contributed by atoms with Gasteiger partial charge in [-0.25, -0.2) is 8.42 Å². The Morgan fingerprint density at radius 3 is 2.32 bits per heavy atom. The van der Waals surface area contributed by atoms with Crippen LogP contribution in [0, 0.1) is 0 Å². The molecule has 0 unspecified atom stereocenters. The highest BCUT2D eigenvalue weighted by atomic mass is 35.5. The Balaban J connectivity index is 2.39. The molecule has 0 aliphatic heterocycles. The molecule has 0 spiro atoms. The number of alkyl halides is 3. The van der Waals surface area contributed by atoms with Gasteiger partial charge in [-0.1, -0.05) is 47.5 Å². The highest BCUT2D eigenvalue weighted by Crippen LogP contribution is 2.36. The van der Waals surface area contributed by atoms with E-state index in [1.807, 2.05) is 0 Å². The summed E-state index contributed by atoms with van der Waals surface area (Å²) in [6.07, 6.45) is -4.59. The molecule has 0 atom stereocenters. The molecule has 2 rings (SSSR count). The van der Waals surface area contributed by atoms with E-state index in [-0.39, 0.29) is 20.6 Å². The first-order chi connectivity index (χ1) is 10.1. The first-order valence-electron chi connectivity index (χ1n) is 5.70. The van der Waals surface area contributed by atoms with Crippen LogP contribution in [0.1, 0.15) is 5.56 Å². The molecule has 0 bridgehead atoms. The van der Waals surface area contributed by atoms with E-state index in [2.05, 4.69) is 4.72 Å². The van der Waals surface area contributed by atoms with Crippen LogP contribution in [0.3, 0.4) is 0 Å². The monoisotopic (exact) mass is 368 g/mol. The lowest BCUT2D eigenvalue weighted by atomic mass is 10.2. The first-order valence-corrected chi connectivity index (χ1v) is 7.89. The number of hydrogen-bond acceptors (Lipinski definition) is 2. The summed E-state index contributed by atoms with van der Waals surface area (Å²) >= 11 is 11.5. The molecular weight excluding hydrogens is 362 g/mol. The summed E-state index contributed by atoms with van der Waals surface area (Å²) in [5.74, 6) is 0. The van der Waals surface area contributed by atoms with Gasteiger partial charge in [-0.15, -0.1) is 5.69 Å². The molecule has 0 heterocycles. The summed E-state index contributed by atoms with van der Waals surface area (Å²) in [6.45, 7) is 0. The molecule has 9 heteroatoms. The fraction of sp³-hybridized carbons (Fsp3) is 0.0769. The second-order valence-corrected chi connectivity index (χ2v) is 6.61. The summed E-state index contributed by atoms with van der Waals surface area (Å²) in [7, 11) is -4.29. The van der Waals surface area contributed by atoms with Gasteiger partial charge in [0.25, 0.3) is 0 Å². The lowest BCUT2D eigenvalue weighted by Crippen LogP contribution is -2.04. The average Bonchev–Trinajstić information content (AvgIpc) is 2.40. The van der Waals surface area contributed by atoms with Gasteiger partial charge in [0.05, 0.1) is 15.5 Å². The molecule has 0 aliphatic rings. The number of sulfonamides is 1. The van der Waals surface area contributed by atoms with Crippen molar-refractivity contribution in [1.29, 1.82) is 0 Å². The minimum Gasteiger partial charge on any atom is -0.573 e. The Hall–Kier alpha value is -1.44. The maximum absolute atomic E-state index is 12.6. The van der Waals surface area contributed by atoms with Gasteiger partial charge in [0.1, 0.15) is 10.0 Å². The van der Waals surface area contributed by atoms with Gasteiger partial charge >= 0.3 is 6.18 Å². The van der Waals surface area contributed by atoms with Crippen LogP contribution in [-0.2, 0) is 16.2 Å². The van der Waals surface area contributed by atoms with E-state index in [9.17, 15) is 21.6 Å². The molecule has 22 heavy (non-hydrogen) atoms. The van der Waals surface area contributed by atoms with Crippen molar-refractivity contribution < 1.29 is 21.6 Å². The van der Waals surface area contributed by atoms with E-state index < -0.39 is 21.8 Å². The Labute approximate surface area is 134 Å². The number of halogens is 5. The van der Waals surface area contributed by atoms with E-state index in [1.165, 1.54) is 12.1 Å². The van der Waals surface area contributed by atoms with Crippen LogP contribution >= 0.6 is 23.2 Å². The van der Waals surface area contributed by atoms with Crippen LogP contribution in [0.5, 0.6) is 0 Å². The van der Waals surface area contributed by atoms with Gasteiger partial charge in [-0.2, -0.15) is 13.2 Å². The first kappa shape index (κ1) is 16.9. The van der Waals surface area contributed by atoms with Crippen LogP contribution in [-0.4, -0.2) is 8.42 Å². The van der Waals surface area contributed by atoms with Crippen molar-refractivity contribution in [1.82, 2.24) is 0 Å². The highest BCUT2D eigenvalue weighted by Gasteiger charge is 2.29. The molecule has 2 aromatic carbocycles. The van der Waals surface area contributed by atoms with E-state index in [0.29, 0.717) is 6.07 Å². The minimum atomic E-state index is -4.59. The van der Waals surface area contributed by atoms with Gasteiger partial charge in [0.15, 0.2) is 0 Å². The van der Waals surface area contributed by atoms with Crippen LogP contribution in [0.15, 0.2) is 47.4 Å². The zero-order valence-electron chi connectivity index (χ0n) is 10.6. The maximum Gasteiger partial charge on any atom is 0.416 e. The quantitative estimate of drug-likeness (QED) is 0.727. The molecule has 0 amide bonds. The largest absolute Gasteiger partial charge is 0.573 e. The normalized spacial score (nSPS) is 12.2. The molecule has 0 fully saturated rings. The average molecular weight is 369 g/mol. The van der Waals surface area contributed by atoms with Gasteiger partial charge in [0, 0.05) is 5.02 Å².